The SMILES string of the molecule is CCN(CC)C(=O)C(C)NC(C)Cn1cccn1. The first-order valence-corrected chi connectivity index (χ1v) is 6.60. The molecule has 1 heterocycles. The van der Waals surface area contributed by atoms with Crippen molar-refractivity contribution in [3.63, 3.8) is 0 Å². The van der Waals surface area contributed by atoms with Gasteiger partial charge in [0.05, 0.1) is 12.6 Å². The van der Waals surface area contributed by atoms with Gasteiger partial charge in [-0.3, -0.25) is 9.48 Å². The molecule has 1 aromatic rings. The average Bonchev–Trinajstić information content (AvgIpc) is 2.82. The minimum absolute atomic E-state index is 0.157. The number of rotatable bonds is 7. The first-order chi connectivity index (χ1) is 8.58. The number of hydrogen-bond acceptors (Lipinski definition) is 3. The average molecular weight is 252 g/mol. The molecule has 5 heteroatoms. The summed E-state index contributed by atoms with van der Waals surface area (Å²) >= 11 is 0. The fourth-order valence-corrected chi connectivity index (χ4v) is 2.05. The molecule has 0 saturated carbocycles. The Balaban J connectivity index is 2.43. The highest BCUT2D eigenvalue weighted by atomic mass is 16.2. The minimum atomic E-state index is -0.157. The van der Waals surface area contributed by atoms with Crippen LogP contribution in [0.25, 0.3) is 0 Å². The lowest BCUT2D eigenvalue weighted by atomic mass is 10.2. The van der Waals surface area contributed by atoms with Gasteiger partial charge in [-0.15, -0.1) is 0 Å². The molecule has 0 fully saturated rings. The van der Waals surface area contributed by atoms with Gasteiger partial charge in [-0.05, 0) is 33.8 Å². The quantitative estimate of drug-likeness (QED) is 0.791. The smallest absolute Gasteiger partial charge is 0.239 e. The molecule has 0 radical (unpaired) electrons. The van der Waals surface area contributed by atoms with Crippen molar-refractivity contribution < 1.29 is 4.79 Å². The molecule has 2 atom stereocenters. The molecule has 0 aliphatic carbocycles. The third kappa shape index (κ3) is 4.14. The number of hydrogen-bond donors (Lipinski definition) is 1. The molecule has 0 bridgehead atoms. The first kappa shape index (κ1) is 14.7. The topological polar surface area (TPSA) is 50.2 Å². The third-order valence-electron chi connectivity index (χ3n) is 3.00. The second kappa shape index (κ2) is 7.16. The summed E-state index contributed by atoms with van der Waals surface area (Å²) in [5.74, 6) is 0.160. The van der Waals surface area contributed by atoms with Gasteiger partial charge in [0.2, 0.25) is 5.91 Å². The third-order valence-corrected chi connectivity index (χ3v) is 3.00. The molecule has 1 aromatic heterocycles. The Bertz CT molecular complexity index is 346. The number of likely N-dealkylation sites (N-methyl/N-ethyl adjacent to an activating group) is 1. The second-order valence-electron chi connectivity index (χ2n) is 4.53. The van der Waals surface area contributed by atoms with E-state index in [1.165, 1.54) is 0 Å². The van der Waals surface area contributed by atoms with Gasteiger partial charge in [0.15, 0.2) is 0 Å². The normalized spacial score (nSPS) is 14.2. The predicted molar refractivity (Wildman–Crippen MR) is 72.2 cm³/mol. The second-order valence-corrected chi connectivity index (χ2v) is 4.53. The van der Waals surface area contributed by atoms with Crippen LogP contribution >= 0.6 is 0 Å². The summed E-state index contributed by atoms with van der Waals surface area (Å²) in [6.07, 6.45) is 3.69. The molecule has 1 N–H and O–H groups in total. The molecule has 0 spiro atoms. The highest BCUT2D eigenvalue weighted by molar-refractivity contribution is 5.81. The van der Waals surface area contributed by atoms with Crippen LogP contribution in [0.15, 0.2) is 18.5 Å². The lowest BCUT2D eigenvalue weighted by Gasteiger charge is -2.25. The molecule has 0 aromatic carbocycles. The van der Waals surface area contributed by atoms with Crippen LogP contribution in [0.2, 0.25) is 0 Å². The fraction of sp³-hybridized carbons (Fsp3) is 0.692. The summed E-state index contributed by atoms with van der Waals surface area (Å²) in [5.41, 5.74) is 0. The lowest BCUT2D eigenvalue weighted by molar-refractivity contribution is -0.132. The van der Waals surface area contributed by atoms with Crippen LogP contribution in [-0.4, -0.2) is 45.8 Å². The highest BCUT2D eigenvalue weighted by Gasteiger charge is 2.19. The summed E-state index contributed by atoms with van der Waals surface area (Å²) in [6, 6.07) is 1.95. The van der Waals surface area contributed by atoms with Crippen LogP contribution in [0.5, 0.6) is 0 Å². The van der Waals surface area contributed by atoms with Crippen LogP contribution in [0.4, 0.5) is 0 Å². The molecule has 0 aliphatic rings. The van der Waals surface area contributed by atoms with E-state index in [4.69, 9.17) is 0 Å². The van der Waals surface area contributed by atoms with Gasteiger partial charge in [0.1, 0.15) is 0 Å². The van der Waals surface area contributed by atoms with Crippen molar-refractivity contribution >= 4 is 5.91 Å². The van der Waals surface area contributed by atoms with E-state index in [1.807, 2.05) is 42.6 Å². The van der Waals surface area contributed by atoms with Gasteiger partial charge < -0.3 is 10.2 Å². The Morgan fingerprint density at radius 2 is 2.06 bits per heavy atom. The maximum absolute atomic E-state index is 12.1. The summed E-state index contributed by atoms with van der Waals surface area (Å²) < 4.78 is 1.87. The summed E-state index contributed by atoms with van der Waals surface area (Å²) in [7, 11) is 0. The maximum atomic E-state index is 12.1. The van der Waals surface area contributed by atoms with E-state index in [0.717, 1.165) is 19.6 Å². The molecule has 18 heavy (non-hydrogen) atoms. The van der Waals surface area contributed by atoms with E-state index in [2.05, 4.69) is 17.3 Å². The van der Waals surface area contributed by atoms with Gasteiger partial charge in [0, 0.05) is 31.5 Å². The number of carbonyl (C=O) groups is 1. The monoisotopic (exact) mass is 252 g/mol. The Hall–Kier alpha value is -1.36. The number of nitrogens with zero attached hydrogens (tertiary/aromatic N) is 3. The molecular weight excluding hydrogens is 228 g/mol. The van der Waals surface area contributed by atoms with Crippen molar-refractivity contribution in [2.24, 2.45) is 0 Å². The summed E-state index contributed by atoms with van der Waals surface area (Å²) in [6.45, 7) is 10.3. The zero-order chi connectivity index (χ0) is 13.5. The van der Waals surface area contributed by atoms with Crippen LogP contribution in [0.3, 0.4) is 0 Å². The zero-order valence-electron chi connectivity index (χ0n) is 11.8. The van der Waals surface area contributed by atoms with Gasteiger partial charge in [-0.25, -0.2) is 0 Å². The van der Waals surface area contributed by atoms with Crippen LogP contribution < -0.4 is 5.32 Å². The molecule has 1 rings (SSSR count). The number of amides is 1. The van der Waals surface area contributed by atoms with Gasteiger partial charge in [-0.2, -0.15) is 5.10 Å². The molecule has 0 saturated heterocycles. The number of nitrogens with one attached hydrogen (secondary N) is 1. The Kier molecular flexibility index (Phi) is 5.85. The van der Waals surface area contributed by atoms with Crippen molar-refractivity contribution in [1.29, 1.82) is 0 Å². The lowest BCUT2D eigenvalue weighted by Crippen LogP contribution is -2.48. The van der Waals surface area contributed by atoms with Crippen molar-refractivity contribution in [2.75, 3.05) is 13.1 Å². The van der Waals surface area contributed by atoms with Crippen molar-refractivity contribution in [1.82, 2.24) is 20.0 Å². The number of aromatic nitrogens is 2. The van der Waals surface area contributed by atoms with Crippen molar-refractivity contribution in [2.45, 2.75) is 46.3 Å². The highest BCUT2D eigenvalue weighted by Crippen LogP contribution is 1.98. The van der Waals surface area contributed by atoms with E-state index in [-0.39, 0.29) is 18.0 Å². The first-order valence-electron chi connectivity index (χ1n) is 6.60. The molecule has 0 aliphatic heterocycles. The Morgan fingerprint density at radius 3 is 2.56 bits per heavy atom. The summed E-state index contributed by atoms with van der Waals surface area (Å²) in [5, 5.41) is 7.47. The Labute approximate surface area is 109 Å². The minimum Gasteiger partial charge on any atom is -0.342 e. The van der Waals surface area contributed by atoms with Crippen molar-refractivity contribution in [3.05, 3.63) is 18.5 Å². The zero-order valence-corrected chi connectivity index (χ0v) is 11.8. The van der Waals surface area contributed by atoms with E-state index < -0.39 is 0 Å². The molecule has 102 valence electrons. The molecule has 2 unspecified atom stereocenters. The van der Waals surface area contributed by atoms with E-state index in [1.54, 1.807) is 6.20 Å². The Morgan fingerprint density at radius 1 is 1.39 bits per heavy atom. The molecule has 5 nitrogen and oxygen atoms in total. The summed E-state index contributed by atoms with van der Waals surface area (Å²) in [4.78, 5) is 13.9. The predicted octanol–water partition coefficient (Wildman–Crippen LogP) is 1.12. The molecular formula is C13H24N4O. The van der Waals surface area contributed by atoms with Crippen LogP contribution in [0, 0.1) is 0 Å². The van der Waals surface area contributed by atoms with Crippen LogP contribution in [0.1, 0.15) is 27.7 Å². The van der Waals surface area contributed by atoms with Crippen LogP contribution in [-0.2, 0) is 11.3 Å². The van der Waals surface area contributed by atoms with E-state index >= 15 is 0 Å². The largest absolute Gasteiger partial charge is 0.342 e. The van der Waals surface area contributed by atoms with E-state index in [9.17, 15) is 4.79 Å². The van der Waals surface area contributed by atoms with Gasteiger partial charge in [-0.1, -0.05) is 0 Å². The maximum Gasteiger partial charge on any atom is 0.239 e. The molecule has 1 amide bonds. The fourth-order valence-electron chi connectivity index (χ4n) is 2.05. The van der Waals surface area contributed by atoms with Gasteiger partial charge in [0.25, 0.3) is 0 Å². The standard InChI is InChI=1S/C13H24N4O/c1-5-16(6-2)13(18)12(4)15-11(3)10-17-9-7-8-14-17/h7-9,11-12,15H,5-6,10H2,1-4H3. The van der Waals surface area contributed by atoms with Crippen molar-refractivity contribution in [3.8, 4) is 0 Å². The number of carbonyl (C=O) groups excluding carboxylic acids is 1. The van der Waals surface area contributed by atoms with Gasteiger partial charge >= 0.3 is 0 Å². The van der Waals surface area contributed by atoms with E-state index in [0.29, 0.717) is 0 Å².